The van der Waals surface area contributed by atoms with Crippen molar-refractivity contribution in [1.29, 1.82) is 0 Å². The number of sulfonamides is 1. The smallest absolute Gasteiger partial charge is 0.285 e. The standard InChI is InChI=1S/C13H19N5O3S/c1-8-6-11(16-7-8)12(19)17-9-2-4-10(5-3-9)22(20,21)18-13(14)15/h2-5,8,11,16H,6-7H2,1H3,(H,17,19)(H4,14,15,18). The Kier molecular flexibility index (Phi) is 4.67. The van der Waals surface area contributed by atoms with Crippen LogP contribution in [-0.4, -0.2) is 32.9 Å². The lowest BCUT2D eigenvalue weighted by molar-refractivity contribution is -0.117. The summed E-state index contributed by atoms with van der Waals surface area (Å²) in [6, 6.07) is 5.43. The lowest BCUT2D eigenvalue weighted by Gasteiger charge is -2.11. The molecular weight excluding hydrogens is 306 g/mol. The number of nitrogens with one attached hydrogen (secondary N) is 2. The fourth-order valence-electron chi connectivity index (χ4n) is 2.24. The van der Waals surface area contributed by atoms with Gasteiger partial charge in [-0.1, -0.05) is 6.92 Å². The van der Waals surface area contributed by atoms with Crippen LogP contribution in [0.15, 0.2) is 33.6 Å². The van der Waals surface area contributed by atoms with Crippen molar-refractivity contribution in [1.82, 2.24) is 5.32 Å². The summed E-state index contributed by atoms with van der Waals surface area (Å²) in [6.07, 6.45) is 0.781. The first-order valence-corrected chi connectivity index (χ1v) is 8.22. The molecule has 1 aromatic rings. The molecule has 0 aromatic heterocycles. The quantitative estimate of drug-likeness (QED) is 0.438. The Morgan fingerprint density at radius 2 is 1.95 bits per heavy atom. The molecule has 120 valence electrons. The molecule has 8 nitrogen and oxygen atoms in total. The summed E-state index contributed by atoms with van der Waals surface area (Å²) in [5, 5.41) is 5.87. The van der Waals surface area contributed by atoms with Crippen LogP contribution < -0.4 is 22.1 Å². The number of nitrogens with zero attached hydrogens (tertiary/aromatic N) is 1. The average Bonchev–Trinajstić information content (AvgIpc) is 2.85. The van der Waals surface area contributed by atoms with Crippen molar-refractivity contribution in [2.45, 2.75) is 24.3 Å². The fourth-order valence-corrected chi connectivity index (χ4v) is 3.11. The Morgan fingerprint density at radius 3 is 2.45 bits per heavy atom. The van der Waals surface area contributed by atoms with Crippen LogP contribution in [0, 0.1) is 5.92 Å². The molecule has 0 bridgehead atoms. The molecule has 1 heterocycles. The number of hydrogen-bond acceptors (Lipinski definition) is 4. The highest BCUT2D eigenvalue weighted by atomic mass is 32.2. The van der Waals surface area contributed by atoms with Crippen LogP contribution in [0.1, 0.15) is 13.3 Å². The molecule has 6 N–H and O–H groups in total. The molecule has 22 heavy (non-hydrogen) atoms. The Hall–Kier alpha value is -2.13. The first-order valence-electron chi connectivity index (χ1n) is 6.78. The number of rotatable bonds is 4. The summed E-state index contributed by atoms with van der Waals surface area (Å²) in [6.45, 7) is 2.89. The van der Waals surface area contributed by atoms with E-state index in [1.807, 2.05) is 0 Å². The predicted octanol–water partition coefficient (Wildman–Crippen LogP) is -0.415. The van der Waals surface area contributed by atoms with Crippen LogP contribution in [0.5, 0.6) is 0 Å². The molecular formula is C13H19N5O3S. The molecule has 9 heteroatoms. The van der Waals surface area contributed by atoms with Gasteiger partial charge in [0.05, 0.1) is 10.9 Å². The number of guanidine groups is 1. The highest BCUT2D eigenvalue weighted by Crippen LogP contribution is 2.18. The van der Waals surface area contributed by atoms with Crippen molar-refractivity contribution in [3.8, 4) is 0 Å². The molecule has 1 aliphatic rings. The monoisotopic (exact) mass is 325 g/mol. The summed E-state index contributed by atoms with van der Waals surface area (Å²) in [5.74, 6) is -0.203. The van der Waals surface area contributed by atoms with Gasteiger partial charge < -0.3 is 22.1 Å². The van der Waals surface area contributed by atoms with Gasteiger partial charge in [0.2, 0.25) is 11.9 Å². The predicted molar refractivity (Wildman–Crippen MR) is 83.6 cm³/mol. The molecule has 1 saturated heterocycles. The van der Waals surface area contributed by atoms with Crippen LogP contribution in [0.2, 0.25) is 0 Å². The van der Waals surface area contributed by atoms with Crippen molar-refractivity contribution in [3.05, 3.63) is 24.3 Å². The third-order valence-electron chi connectivity index (χ3n) is 3.31. The highest BCUT2D eigenvalue weighted by molar-refractivity contribution is 7.90. The Bertz CT molecular complexity index is 680. The zero-order valence-corrected chi connectivity index (χ0v) is 12.9. The summed E-state index contributed by atoms with van der Waals surface area (Å²) in [7, 11) is -3.91. The van der Waals surface area contributed by atoms with Gasteiger partial charge in [0, 0.05) is 5.69 Å². The zero-order valence-electron chi connectivity index (χ0n) is 12.1. The van der Waals surface area contributed by atoms with Crippen LogP contribution >= 0.6 is 0 Å². The summed E-state index contributed by atoms with van der Waals surface area (Å²) < 4.78 is 26.7. The lowest BCUT2D eigenvalue weighted by Crippen LogP contribution is -2.35. The minimum absolute atomic E-state index is 0.0495. The van der Waals surface area contributed by atoms with E-state index in [1.165, 1.54) is 24.3 Å². The van der Waals surface area contributed by atoms with Gasteiger partial charge >= 0.3 is 0 Å². The minimum atomic E-state index is -3.91. The van der Waals surface area contributed by atoms with Gasteiger partial charge in [0.15, 0.2) is 0 Å². The van der Waals surface area contributed by atoms with Crippen LogP contribution in [0.25, 0.3) is 0 Å². The van der Waals surface area contributed by atoms with E-state index in [0.717, 1.165) is 13.0 Å². The molecule has 2 unspecified atom stereocenters. The maximum atomic E-state index is 12.0. The number of amides is 1. The van der Waals surface area contributed by atoms with E-state index in [-0.39, 0.29) is 16.8 Å². The van der Waals surface area contributed by atoms with E-state index >= 15 is 0 Å². The molecule has 1 aromatic carbocycles. The number of benzene rings is 1. The molecule has 0 saturated carbocycles. The maximum absolute atomic E-state index is 12.0. The Balaban J connectivity index is 2.06. The molecule has 2 atom stereocenters. The van der Waals surface area contributed by atoms with Crippen molar-refractivity contribution < 1.29 is 13.2 Å². The van der Waals surface area contributed by atoms with Crippen molar-refractivity contribution in [2.75, 3.05) is 11.9 Å². The van der Waals surface area contributed by atoms with Gasteiger partial charge in [-0.15, -0.1) is 4.40 Å². The molecule has 2 rings (SSSR count). The lowest BCUT2D eigenvalue weighted by atomic mass is 10.1. The summed E-state index contributed by atoms with van der Waals surface area (Å²) in [5.41, 5.74) is 10.7. The van der Waals surface area contributed by atoms with E-state index in [1.54, 1.807) is 0 Å². The zero-order chi connectivity index (χ0) is 16.3. The average molecular weight is 325 g/mol. The third kappa shape index (κ3) is 3.95. The van der Waals surface area contributed by atoms with E-state index in [9.17, 15) is 13.2 Å². The van der Waals surface area contributed by atoms with Crippen LogP contribution in [-0.2, 0) is 14.8 Å². The second kappa shape index (κ2) is 6.32. The first-order chi connectivity index (χ1) is 10.3. The largest absolute Gasteiger partial charge is 0.369 e. The first kappa shape index (κ1) is 16.2. The van der Waals surface area contributed by atoms with E-state index in [2.05, 4.69) is 22.0 Å². The normalized spacial score (nSPS) is 21.3. The number of carbonyl (C=O) groups is 1. The number of carbonyl (C=O) groups excluding carboxylic acids is 1. The minimum Gasteiger partial charge on any atom is -0.369 e. The summed E-state index contributed by atoms with van der Waals surface area (Å²) >= 11 is 0. The molecule has 0 radical (unpaired) electrons. The third-order valence-corrected chi connectivity index (χ3v) is 4.63. The van der Waals surface area contributed by atoms with Gasteiger partial charge in [-0.2, -0.15) is 8.42 Å². The number of hydrogen-bond donors (Lipinski definition) is 4. The van der Waals surface area contributed by atoms with Crippen molar-refractivity contribution >= 4 is 27.6 Å². The van der Waals surface area contributed by atoms with Crippen LogP contribution in [0.4, 0.5) is 5.69 Å². The van der Waals surface area contributed by atoms with Gasteiger partial charge in [0.25, 0.3) is 10.0 Å². The number of nitrogens with two attached hydrogens (primary N) is 2. The van der Waals surface area contributed by atoms with Gasteiger partial charge in [-0.3, -0.25) is 4.79 Å². The number of anilines is 1. The molecule has 1 amide bonds. The topological polar surface area (TPSA) is 140 Å². The second-order valence-electron chi connectivity index (χ2n) is 5.31. The van der Waals surface area contributed by atoms with Crippen LogP contribution in [0.3, 0.4) is 0 Å². The molecule has 0 spiro atoms. The SMILES string of the molecule is CC1CNC(C(=O)Nc2ccc(S(=O)(=O)N=C(N)N)cc2)C1. The van der Waals surface area contributed by atoms with Gasteiger partial charge in [0.1, 0.15) is 0 Å². The van der Waals surface area contributed by atoms with E-state index in [4.69, 9.17) is 11.5 Å². The summed E-state index contributed by atoms with van der Waals surface area (Å²) in [4.78, 5) is 12.0. The molecule has 1 aliphatic heterocycles. The molecule has 0 aliphatic carbocycles. The van der Waals surface area contributed by atoms with E-state index < -0.39 is 16.0 Å². The Labute approximate surface area is 129 Å². The van der Waals surface area contributed by atoms with Gasteiger partial charge in [-0.25, -0.2) is 0 Å². The van der Waals surface area contributed by atoms with Crippen molar-refractivity contribution in [3.63, 3.8) is 0 Å². The Morgan fingerprint density at radius 1 is 1.32 bits per heavy atom. The van der Waals surface area contributed by atoms with Crippen molar-refractivity contribution in [2.24, 2.45) is 21.8 Å². The van der Waals surface area contributed by atoms with E-state index in [0.29, 0.717) is 11.6 Å². The second-order valence-corrected chi connectivity index (χ2v) is 6.91. The highest BCUT2D eigenvalue weighted by Gasteiger charge is 2.26. The fraction of sp³-hybridized carbons (Fsp3) is 0.385. The maximum Gasteiger partial charge on any atom is 0.285 e. The molecule has 1 fully saturated rings. The van der Waals surface area contributed by atoms with Gasteiger partial charge in [-0.05, 0) is 43.1 Å².